The molecule has 1 atom stereocenters. The molecule has 36 heavy (non-hydrogen) atoms. The Bertz CT molecular complexity index is 1600. The average Bonchev–Trinajstić information content (AvgIpc) is 3.46. The number of nitrogens with two attached hydrogens (primary N) is 1. The van der Waals surface area contributed by atoms with E-state index in [1.54, 1.807) is 24.5 Å². The second kappa shape index (κ2) is 8.60. The summed E-state index contributed by atoms with van der Waals surface area (Å²) in [5.74, 6) is 1.77. The van der Waals surface area contributed by atoms with Crippen LogP contribution in [0.5, 0.6) is 0 Å². The summed E-state index contributed by atoms with van der Waals surface area (Å²) in [6, 6.07) is 11.1. The third-order valence-electron chi connectivity index (χ3n) is 6.88. The number of fused-ring (bicyclic) bond motifs is 2. The third-order valence-corrected chi connectivity index (χ3v) is 6.88. The van der Waals surface area contributed by atoms with Crippen molar-refractivity contribution in [2.24, 2.45) is 7.05 Å². The highest BCUT2D eigenvalue weighted by Gasteiger charge is 2.30. The molecular formula is C27H26N8O. The Balaban J connectivity index is 1.37. The highest BCUT2D eigenvalue weighted by Crippen LogP contribution is 2.39. The zero-order chi connectivity index (χ0) is 24.8. The number of hydrogen-bond acceptors (Lipinski definition) is 6. The summed E-state index contributed by atoms with van der Waals surface area (Å²) >= 11 is 0. The molecule has 4 aromatic heterocycles. The summed E-state index contributed by atoms with van der Waals surface area (Å²) in [7, 11) is 1.99. The lowest BCUT2D eigenvalue weighted by molar-refractivity contribution is 0.102. The van der Waals surface area contributed by atoms with Gasteiger partial charge in [0.05, 0.1) is 6.20 Å². The van der Waals surface area contributed by atoms with Gasteiger partial charge in [0, 0.05) is 53.9 Å². The smallest absolute Gasteiger partial charge is 0.256 e. The maximum absolute atomic E-state index is 12.8. The molecule has 1 aliphatic carbocycles. The number of carbonyl (C=O) groups is 1. The Morgan fingerprint density at radius 2 is 1.97 bits per heavy atom. The standard InChI is InChI=1S/C27H26N8O/c1-16-10-11-29-22(14-16)32-27(36)18-8-6-17(7-9-18)23-24-25(28)30-12-13-35(24)26(33-23)19-4-3-5-21-20(19)15-31-34(21)2/h6-15,19H,3-5H2,1-2H3,(H2,28,30)(H,29,32,36)/t19-/m1/s1. The average molecular weight is 479 g/mol. The van der Waals surface area contributed by atoms with Gasteiger partial charge in [-0.15, -0.1) is 0 Å². The summed E-state index contributed by atoms with van der Waals surface area (Å²) in [6.45, 7) is 1.96. The Kier molecular flexibility index (Phi) is 5.25. The zero-order valence-corrected chi connectivity index (χ0v) is 20.1. The molecule has 0 bridgehead atoms. The molecule has 4 heterocycles. The van der Waals surface area contributed by atoms with Gasteiger partial charge in [-0.25, -0.2) is 15.0 Å². The van der Waals surface area contributed by atoms with Crippen molar-refractivity contribution >= 4 is 23.1 Å². The largest absolute Gasteiger partial charge is 0.382 e. The summed E-state index contributed by atoms with van der Waals surface area (Å²) < 4.78 is 4.01. The Morgan fingerprint density at radius 3 is 2.78 bits per heavy atom. The lowest BCUT2D eigenvalue weighted by Gasteiger charge is -2.21. The van der Waals surface area contributed by atoms with Crippen molar-refractivity contribution in [3.8, 4) is 11.3 Å². The molecule has 5 aromatic rings. The normalized spacial score (nSPS) is 15.1. The number of nitrogens with one attached hydrogen (secondary N) is 1. The first-order valence-corrected chi connectivity index (χ1v) is 12.0. The number of carbonyl (C=O) groups excluding carboxylic acids is 1. The number of anilines is 2. The van der Waals surface area contributed by atoms with E-state index < -0.39 is 0 Å². The van der Waals surface area contributed by atoms with Crippen molar-refractivity contribution in [2.75, 3.05) is 11.1 Å². The van der Waals surface area contributed by atoms with Gasteiger partial charge in [-0.1, -0.05) is 12.1 Å². The number of benzene rings is 1. The molecule has 9 nitrogen and oxygen atoms in total. The van der Waals surface area contributed by atoms with Crippen LogP contribution in [0, 0.1) is 6.92 Å². The number of pyridine rings is 1. The molecule has 3 N–H and O–H groups in total. The van der Waals surface area contributed by atoms with Gasteiger partial charge in [0.15, 0.2) is 0 Å². The number of aryl methyl sites for hydroxylation is 2. The molecule has 0 unspecified atom stereocenters. The Labute approximate surface area is 208 Å². The topological polar surface area (TPSA) is 116 Å². The molecule has 6 rings (SSSR count). The van der Waals surface area contributed by atoms with E-state index in [1.165, 1.54) is 11.3 Å². The minimum absolute atomic E-state index is 0.123. The minimum Gasteiger partial charge on any atom is -0.382 e. The zero-order valence-electron chi connectivity index (χ0n) is 20.1. The van der Waals surface area contributed by atoms with Crippen LogP contribution in [0.1, 0.15) is 51.8 Å². The van der Waals surface area contributed by atoms with Crippen LogP contribution >= 0.6 is 0 Å². The Morgan fingerprint density at radius 1 is 1.14 bits per heavy atom. The van der Waals surface area contributed by atoms with Crippen LogP contribution in [0.3, 0.4) is 0 Å². The van der Waals surface area contributed by atoms with Gasteiger partial charge in [-0.3, -0.25) is 13.9 Å². The quantitative estimate of drug-likeness (QED) is 0.401. The molecule has 0 saturated heterocycles. The molecule has 1 amide bonds. The molecule has 9 heteroatoms. The third kappa shape index (κ3) is 3.69. The number of nitrogens with zero attached hydrogens (tertiary/aromatic N) is 6. The van der Waals surface area contributed by atoms with Crippen molar-refractivity contribution in [2.45, 2.75) is 32.1 Å². The second-order valence-electron chi connectivity index (χ2n) is 9.21. The van der Waals surface area contributed by atoms with Crippen molar-refractivity contribution in [1.29, 1.82) is 0 Å². The van der Waals surface area contributed by atoms with Gasteiger partial charge in [-0.05, 0) is 56.0 Å². The van der Waals surface area contributed by atoms with Gasteiger partial charge < -0.3 is 11.1 Å². The highest BCUT2D eigenvalue weighted by molar-refractivity contribution is 6.04. The van der Waals surface area contributed by atoms with E-state index in [0.29, 0.717) is 17.2 Å². The van der Waals surface area contributed by atoms with Crippen molar-refractivity contribution in [3.63, 3.8) is 0 Å². The first-order valence-electron chi connectivity index (χ1n) is 12.0. The fourth-order valence-electron chi connectivity index (χ4n) is 5.08. The predicted molar refractivity (Wildman–Crippen MR) is 138 cm³/mol. The van der Waals surface area contributed by atoms with Crippen molar-refractivity contribution < 1.29 is 4.79 Å². The lowest BCUT2D eigenvalue weighted by atomic mass is 9.86. The summed E-state index contributed by atoms with van der Waals surface area (Å²) in [5.41, 5.74) is 12.8. The maximum Gasteiger partial charge on any atom is 0.256 e. The van der Waals surface area contributed by atoms with E-state index in [4.69, 9.17) is 10.7 Å². The van der Waals surface area contributed by atoms with E-state index in [9.17, 15) is 4.79 Å². The van der Waals surface area contributed by atoms with Crippen LogP contribution in [-0.4, -0.2) is 35.0 Å². The molecule has 0 saturated carbocycles. The van der Waals surface area contributed by atoms with Crippen LogP contribution in [0.15, 0.2) is 61.2 Å². The van der Waals surface area contributed by atoms with Crippen molar-refractivity contribution in [3.05, 3.63) is 89.4 Å². The minimum atomic E-state index is -0.220. The Hall–Kier alpha value is -4.53. The second-order valence-corrected chi connectivity index (χ2v) is 9.21. The molecule has 0 radical (unpaired) electrons. The fourth-order valence-corrected chi connectivity index (χ4v) is 5.08. The molecule has 0 fully saturated rings. The molecular weight excluding hydrogens is 452 g/mol. The first kappa shape index (κ1) is 22.0. The number of aromatic nitrogens is 6. The number of imidazole rings is 1. The van der Waals surface area contributed by atoms with Gasteiger partial charge >= 0.3 is 0 Å². The van der Waals surface area contributed by atoms with E-state index in [0.717, 1.165) is 47.4 Å². The van der Waals surface area contributed by atoms with Crippen LogP contribution in [0.4, 0.5) is 11.6 Å². The van der Waals surface area contributed by atoms with E-state index in [2.05, 4.69) is 24.8 Å². The molecule has 0 aliphatic heterocycles. The summed E-state index contributed by atoms with van der Waals surface area (Å²) in [4.78, 5) is 26.4. The molecule has 1 aromatic carbocycles. The van der Waals surface area contributed by atoms with E-state index >= 15 is 0 Å². The van der Waals surface area contributed by atoms with Gasteiger partial charge in [0.25, 0.3) is 5.91 Å². The number of rotatable bonds is 4. The van der Waals surface area contributed by atoms with Crippen molar-refractivity contribution in [1.82, 2.24) is 29.1 Å². The summed E-state index contributed by atoms with van der Waals surface area (Å²) in [6.07, 6.45) is 10.3. The number of nitrogen functional groups attached to an aromatic ring is 1. The molecule has 1 aliphatic rings. The fraction of sp³-hybridized carbons (Fsp3) is 0.222. The number of hydrogen-bond donors (Lipinski definition) is 2. The maximum atomic E-state index is 12.8. The number of amides is 1. The van der Waals surface area contributed by atoms with Gasteiger partial charge in [0.1, 0.15) is 28.7 Å². The first-order chi connectivity index (χ1) is 17.5. The highest BCUT2D eigenvalue weighted by atomic mass is 16.1. The molecule has 0 spiro atoms. The summed E-state index contributed by atoms with van der Waals surface area (Å²) in [5, 5.41) is 7.35. The monoisotopic (exact) mass is 478 g/mol. The van der Waals surface area contributed by atoms with E-state index in [-0.39, 0.29) is 11.8 Å². The van der Waals surface area contributed by atoms with Crippen LogP contribution in [0.25, 0.3) is 16.8 Å². The predicted octanol–water partition coefficient (Wildman–Crippen LogP) is 4.14. The van der Waals surface area contributed by atoms with Crippen LogP contribution < -0.4 is 11.1 Å². The van der Waals surface area contributed by atoms with Crippen LogP contribution in [0.2, 0.25) is 0 Å². The van der Waals surface area contributed by atoms with Gasteiger partial charge in [0.2, 0.25) is 0 Å². The van der Waals surface area contributed by atoms with Gasteiger partial charge in [-0.2, -0.15) is 5.10 Å². The van der Waals surface area contributed by atoms with E-state index in [1.807, 2.05) is 55.3 Å². The lowest BCUT2D eigenvalue weighted by Crippen LogP contribution is -2.14. The van der Waals surface area contributed by atoms with Crippen LogP contribution in [-0.2, 0) is 13.5 Å². The molecule has 180 valence electrons. The SMILES string of the molecule is Cc1ccnc(NC(=O)c2ccc(-c3nc([C@@H]4CCCc5c4cnn5C)n4ccnc(N)c34)cc2)c1.